The third-order valence-corrected chi connectivity index (χ3v) is 12.2. The number of unbranched alkanes of at least 4 members (excludes halogenated alkanes) is 15. The number of carboxylic acids is 1. The van der Waals surface area contributed by atoms with Crippen LogP contribution in [0.4, 0.5) is 10.5 Å². The van der Waals surface area contributed by atoms with Gasteiger partial charge in [-0.25, -0.2) is 9.59 Å². The molecule has 1 aliphatic carbocycles. The van der Waals surface area contributed by atoms with Crippen LogP contribution >= 0.6 is 0 Å². The van der Waals surface area contributed by atoms with Crippen molar-refractivity contribution >= 4 is 34.9 Å². The summed E-state index contributed by atoms with van der Waals surface area (Å²) in [6.45, 7) is 8.15. The minimum Gasteiger partial charge on any atom is -0.478 e. The number of ether oxygens (including phenoxy) is 1. The zero-order valence-corrected chi connectivity index (χ0v) is 38.5. The molecule has 2 aliphatic rings. The van der Waals surface area contributed by atoms with Gasteiger partial charge in [-0.3, -0.25) is 0 Å². The van der Waals surface area contributed by atoms with Crippen molar-refractivity contribution in [1.82, 2.24) is 9.89 Å². The molecule has 1 amide bonds. The first-order valence-corrected chi connectivity index (χ1v) is 24.1. The standard InChI is InChI=1S/C57H67N3O5/c1-3-5-6-7-8-9-10-11-12-13-14-15-16-17-18-27-38-58-57(63)64-40-39-60(44-46-30-23-20-24-31-46)48-35-37-52-54(42-48)65-53-41-47(59(4-2)43-45-28-21-19-22-29-45)34-36-51(53)55(52)49-32-25-26-33-50(49)56(61)62/h4,19-26,28-37,41-42,44H,2-3,5-18,27,38-40,43H2,1H3/p+2. The molecule has 65 heavy (non-hydrogen) atoms. The first-order valence-electron chi connectivity index (χ1n) is 24.1. The molecule has 4 aromatic carbocycles. The molecule has 0 saturated heterocycles. The number of alkyl carbamates (subject to hydrolysis) is 1. The average molecular weight is 876 g/mol. The molecule has 0 atom stereocenters. The number of benzene rings is 5. The lowest BCUT2D eigenvalue weighted by Gasteiger charge is -2.17. The molecule has 0 unspecified atom stereocenters. The molecule has 0 saturated carbocycles. The Morgan fingerprint density at radius 1 is 0.692 bits per heavy atom. The Morgan fingerprint density at radius 2 is 1.31 bits per heavy atom. The van der Waals surface area contributed by atoms with E-state index in [9.17, 15) is 14.7 Å². The summed E-state index contributed by atoms with van der Waals surface area (Å²) in [7, 11) is 0. The van der Waals surface area contributed by atoms with E-state index in [1.54, 1.807) is 18.3 Å². The fourth-order valence-electron chi connectivity index (χ4n) is 8.58. The third-order valence-electron chi connectivity index (χ3n) is 12.2. The molecule has 8 nitrogen and oxygen atoms in total. The molecular weight excluding hydrogens is 807 g/mol. The Bertz CT molecular complexity index is 2490. The highest BCUT2D eigenvalue weighted by Crippen LogP contribution is 2.42. The van der Waals surface area contributed by atoms with Crippen molar-refractivity contribution in [3.8, 4) is 22.5 Å². The Balaban J connectivity index is 1.11. The van der Waals surface area contributed by atoms with Crippen LogP contribution < -0.4 is 15.2 Å². The van der Waals surface area contributed by atoms with Gasteiger partial charge in [0, 0.05) is 46.3 Å². The topological polar surface area (TPSA) is 94.8 Å². The summed E-state index contributed by atoms with van der Waals surface area (Å²) in [6, 6.07) is 39.3. The highest BCUT2D eigenvalue weighted by Gasteiger charge is 2.24. The Kier molecular flexibility index (Phi) is 19.6. The van der Waals surface area contributed by atoms with Gasteiger partial charge in [-0.05, 0) is 48.9 Å². The van der Waals surface area contributed by atoms with Gasteiger partial charge in [0.1, 0.15) is 11.3 Å². The highest BCUT2D eigenvalue weighted by molar-refractivity contribution is 6.07. The molecule has 0 fully saturated rings. The van der Waals surface area contributed by atoms with E-state index in [0.29, 0.717) is 36.5 Å². The summed E-state index contributed by atoms with van der Waals surface area (Å²) in [6.07, 6.45) is 24.4. The molecule has 0 bridgehead atoms. The molecule has 1 heterocycles. The van der Waals surface area contributed by atoms with Gasteiger partial charge in [-0.15, -0.1) is 0 Å². The first kappa shape index (κ1) is 48.2. The maximum atomic E-state index is 12.8. The van der Waals surface area contributed by atoms with Crippen LogP contribution in [-0.2, 0) is 11.3 Å². The first-order chi connectivity index (χ1) is 31.9. The van der Waals surface area contributed by atoms with E-state index in [1.807, 2.05) is 103 Å². The highest BCUT2D eigenvalue weighted by atomic mass is 16.5. The van der Waals surface area contributed by atoms with E-state index in [0.717, 1.165) is 51.5 Å². The van der Waals surface area contributed by atoms with E-state index in [2.05, 4.69) is 40.1 Å². The normalized spacial score (nSPS) is 12.0. The van der Waals surface area contributed by atoms with Crippen LogP contribution in [0.3, 0.4) is 0 Å². The molecule has 8 heteroatoms. The van der Waals surface area contributed by atoms with Crippen molar-refractivity contribution in [3.63, 3.8) is 0 Å². The minimum absolute atomic E-state index is 0.167. The average Bonchev–Trinajstić information content (AvgIpc) is 3.33. The summed E-state index contributed by atoms with van der Waals surface area (Å²) in [5.41, 5.74) is 5.89. The largest absolute Gasteiger partial charge is 0.478 e. The van der Waals surface area contributed by atoms with Gasteiger partial charge < -0.3 is 19.6 Å². The van der Waals surface area contributed by atoms with Gasteiger partial charge in [0.2, 0.25) is 11.0 Å². The van der Waals surface area contributed by atoms with Crippen LogP contribution in [0.15, 0.2) is 139 Å². The Labute approximate surface area is 386 Å². The van der Waals surface area contributed by atoms with Gasteiger partial charge in [0.05, 0.1) is 17.7 Å². The van der Waals surface area contributed by atoms with Crippen LogP contribution in [0, 0.1) is 0 Å². The van der Waals surface area contributed by atoms with E-state index >= 15 is 0 Å². The maximum absolute atomic E-state index is 12.8. The summed E-state index contributed by atoms with van der Waals surface area (Å²) < 4.78 is 16.6. The van der Waals surface area contributed by atoms with Crippen molar-refractivity contribution in [1.29, 1.82) is 0 Å². The van der Waals surface area contributed by atoms with Crippen molar-refractivity contribution < 1.29 is 28.4 Å². The van der Waals surface area contributed by atoms with Gasteiger partial charge in [-0.1, -0.05) is 170 Å². The smallest absolute Gasteiger partial charge is 0.407 e. The maximum Gasteiger partial charge on any atom is 0.407 e. The number of nitrogens with zero attached hydrogens (tertiary/aromatic N) is 2. The fourth-order valence-corrected chi connectivity index (χ4v) is 8.58. The number of aromatic carboxylic acids is 1. The Hall–Kier alpha value is -6.28. The molecule has 1 aliphatic heterocycles. The Morgan fingerprint density at radius 3 is 1.95 bits per heavy atom. The molecule has 340 valence electrons. The van der Waals surface area contributed by atoms with Crippen LogP contribution in [0.1, 0.15) is 131 Å². The molecule has 6 rings (SSSR count). The van der Waals surface area contributed by atoms with Gasteiger partial charge in [-0.2, -0.15) is 9.15 Å². The molecule has 2 N–H and O–H groups in total. The molecule has 0 radical (unpaired) electrons. The van der Waals surface area contributed by atoms with Crippen molar-refractivity contribution in [3.05, 3.63) is 156 Å². The zero-order chi connectivity index (χ0) is 45.5. The van der Waals surface area contributed by atoms with Crippen molar-refractivity contribution in [2.45, 2.75) is 116 Å². The lowest BCUT2D eigenvalue weighted by molar-refractivity contribution is -0.438. The monoisotopic (exact) mass is 876 g/mol. The van der Waals surface area contributed by atoms with Crippen molar-refractivity contribution in [2.75, 3.05) is 19.7 Å². The molecule has 0 aromatic heterocycles. The van der Waals surface area contributed by atoms with E-state index < -0.39 is 12.1 Å². The van der Waals surface area contributed by atoms with Crippen LogP contribution in [0.2, 0.25) is 0 Å². The predicted octanol–water partition coefficient (Wildman–Crippen LogP) is 13.8. The molecule has 0 spiro atoms. The number of carboxylic acid groups (broad SMARTS) is 1. The summed E-state index contributed by atoms with van der Waals surface area (Å²) in [4.78, 5) is 25.4. The summed E-state index contributed by atoms with van der Waals surface area (Å²) in [5.74, 6) is -0.403. The van der Waals surface area contributed by atoms with Gasteiger partial charge in [0.15, 0.2) is 32.1 Å². The second kappa shape index (κ2) is 26.5. The van der Waals surface area contributed by atoms with Crippen molar-refractivity contribution in [2.24, 2.45) is 0 Å². The van der Waals surface area contributed by atoms with Gasteiger partial charge >= 0.3 is 12.1 Å². The number of hydrogen-bond acceptors (Lipinski definition) is 4. The number of carbonyl (C=O) groups is 2. The minimum atomic E-state index is -1.01. The zero-order valence-electron chi connectivity index (χ0n) is 38.5. The predicted molar refractivity (Wildman–Crippen MR) is 266 cm³/mol. The SMILES string of the molecule is C=C[N+](Cc1ccccc1)=c1ccc2c(-c3ccccc3C(=O)O)c3ccc([N+](=Cc4ccccc4)CCOC(=O)NCCCCCCCCCCCCCCCCCC)cc3oc-2c1. The number of hydrogen-bond donors (Lipinski definition) is 2. The third kappa shape index (κ3) is 14.9. The van der Waals surface area contributed by atoms with E-state index in [1.165, 1.54) is 89.9 Å². The lowest BCUT2D eigenvalue weighted by atomic mass is 9.90. The van der Waals surface area contributed by atoms with Crippen LogP contribution in [0.5, 0.6) is 0 Å². The van der Waals surface area contributed by atoms with Crippen LogP contribution in [-0.4, -0.2) is 47.7 Å². The quantitative estimate of drug-likeness (QED) is 0.0233. The fraction of sp³-hybridized carbons (Fsp3) is 0.368. The van der Waals surface area contributed by atoms with E-state index in [-0.39, 0.29) is 12.2 Å². The summed E-state index contributed by atoms with van der Waals surface area (Å²) in [5, 5.41) is 14.9. The second-order valence-electron chi connectivity index (χ2n) is 17.1. The molecular formula is C57H69N3O5+2. The number of rotatable bonds is 27. The van der Waals surface area contributed by atoms with Gasteiger partial charge in [0.25, 0.3) is 0 Å². The van der Waals surface area contributed by atoms with Crippen LogP contribution in [0.25, 0.3) is 33.4 Å². The number of carbonyl (C=O) groups excluding carboxylic acids is 1. The number of nitrogens with one attached hydrogen (secondary N) is 1. The summed E-state index contributed by atoms with van der Waals surface area (Å²) >= 11 is 0. The molecule has 4 aromatic rings. The number of amides is 1. The number of fused-ring (bicyclic) bond motifs is 2. The van der Waals surface area contributed by atoms with E-state index in [4.69, 9.17) is 9.15 Å². The lowest BCUT2D eigenvalue weighted by Crippen LogP contribution is -2.27. The second-order valence-corrected chi connectivity index (χ2v) is 17.1.